The maximum absolute atomic E-state index is 12.2. The molecule has 0 saturated carbocycles. The molecule has 21 heavy (non-hydrogen) atoms. The molecule has 1 amide bonds. The zero-order chi connectivity index (χ0) is 15.1. The van der Waals surface area contributed by atoms with E-state index in [0.29, 0.717) is 18.5 Å². The highest BCUT2D eigenvalue weighted by Crippen LogP contribution is 2.33. The molecule has 5 nitrogen and oxygen atoms in total. The Morgan fingerprint density at radius 1 is 1.19 bits per heavy atom. The molecule has 2 aromatic rings. The lowest BCUT2D eigenvalue weighted by molar-refractivity contribution is -0.114. The van der Waals surface area contributed by atoms with Crippen LogP contribution in [0.2, 0.25) is 0 Å². The second-order valence-electron chi connectivity index (χ2n) is 5.46. The van der Waals surface area contributed by atoms with E-state index >= 15 is 0 Å². The van der Waals surface area contributed by atoms with Crippen LogP contribution in [0.5, 0.6) is 0 Å². The molecule has 0 atom stereocenters. The minimum Gasteiger partial charge on any atom is -0.304 e. The summed E-state index contributed by atoms with van der Waals surface area (Å²) in [7, 11) is 1.87. The maximum Gasteiger partial charge on any atom is 0.299 e. The van der Waals surface area contributed by atoms with Crippen LogP contribution >= 0.6 is 0 Å². The van der Waals surface area contributed by atoms with Crippen LogP contribution in [0.15, 0.2) is 24.4 Å². The van der Waals surface area contributed by atoms with Crippen LogP contribution in [0.4, 0.5) is 5.69 Å². The third-order valence-corrected chi connectivity index (χ3v) is 3.91. The number of aromatic nitrogens is 2. The van der Waals surface area contributed by atoms with Crippen LogP contribution in [0.3, 0.4) is 0 Å². The summed E-state index contributed by atoms with van der Waals surface area (Å²) in [4.78, 5) is 26.0. The molecule has 0 aliphatic carbocycles. The van der Waals surface area contributed by atoms with Crippen LogP contribution in [-0.2, 0) is 18.3 Å². The molecule has 1 aromatic carbocycles. The lowest BCUT2D eigenvalue weighted by Crippen LogP contribution is -2.32. The Balaban J connectivity index is 1.93. The van der Waals surface area contributed by atoms with Crippen molar-refractivity contribution in [3.8, 4) is 0 Å². The molecule has 0 saturated heterocycles. The van der Waals surface area contributed by atoms with Crippen LogP contribution in [0.25, 0.3) is 0 Å². The van der Waals surface area contributed by atoms with Gasteiger partial charge in [-0.3, -0.25) is 14.3 Å². The largest absolute Gasteiger partial charge is 0.304 e. The molecule has 0 bridgehead atoms. The normalized spacial score (nSPS) is 14.0. The lowest BCUT2D eigenvalue weighted by atomic mass is 10.0. The number of nitrogens with zero attached hydrogens (tertiary/aromatic N) is 3. The monoisotopic (exact) mass is 283 g/mol. The van der Waals surface area contributed by atoms with E-state index in [4.69, 9.17) is 0 Å². The van der Waals surface area contributed by atoms with Gasteiger partial charge in [0, 0.05) is 31.9 Å². The minimum atomic E-state index is -0.430. The number of ketones is 1. The summed E-state index contributed by atoms with van der Waals surface area (Å²) >= 11 is 0. The first-order chi connectivity index (χ1) is 9.99. The van der Waals surface area contributed by atoms with Gasteiger partial charge in [-0.15, -0.1) is 0 Å². The Kier molecular flexibility index (Phi) is 3.12. The second-order valence-corrected chi connectivity index (χ2v) is 5.46. The molecule has 2 heterocycles. The summed E-state index contributed by atoms with van der Waals surface area (Å²) in [6.45, 7) is 4.36. The van der Waals surface area contributed by atoms with E-state index in [-0.39, 0.29) is 0 Å². The minimum absolute atomic E-state index is 0.401. The van der Waals surface area contributed by atoms with Gasteiger partial charge < -0.3 is 4.90 Å². The first-order valence-corrected chi connectivity index (χ1v) is 6.93. The number of benzene rings is 1. The number of Topliss-reactive ketones (excluding diaryl/α,β-unsaturated/α-hetero) is 1. The number of carbonyl (C=O) groups is 2. The Labute approximate surface area is 123 Å². The Hall–Kier alpha value is -2.43. The quantitative estimate of drug-likeness (QED) is 0.807. The van der Waals surface area contributed by atoms with Gasteiger partial charge >= 0.3 is 0 Å². The van der Waals surface area contributed by atoms with Gasteiger partial charge in [-0.2, -0.15) is 5.10 Å². The van der Waals surface area contributed by atoms with E-state index in [2.05, 4.69) is 5.10 Å². The summed E-state index contributed by atoms with van der Waals surface area (Å²) in [5.74, 6) is -0.831. The van der Waals surface area contributed by atoms with Gasteiger partial charge in [-0.25, -0.2) is 0 Å². The molecule has 0 unspecified atom stereocenters. The molecular formula is C16H17N3O2. The third-order valence-electron chi connectivity index (χ3n) is 3.91. The van der Waals surface area contributed by atoms with E-state index < -0.39 is 11.7 Å². The first-order valence-electron chi connectivity index (χ1n) is 6.93. The van der Waals surface area contributed by atoms with Gasteiger partial charge in [0.15, 0.2) is 0 Å². The Morgan fingerprint density at radius 2 is 1.95 bits per heavy atom. The number of amides is 1. The van der Waals surface area contributed by atoms with E-state index in [1.807, 2.05) is 33.0 Å². The standard InChI is InChI=1S/C16H17N3O2/c1-10-8-11(2)14-13(9-10)15(20)16(21)19(14)7-5-12-4-6-17-18(12)3/h4,6,8-9H,5,7H2,1-3H3. The van der Waals surface area contributed by atoms with Gasteiger partial charge in [0.2, 0.25) is 0 Å². The highest BCUT2D eigenvalue weighted by molar-refractivity contribution is 6.52. The predicted molar refractivity (Wildman–Crippen MR) is 79.5 cm³/mol. The van der Waals surface area contributed by atoms with Crippen molar-refractivity contribution in [2.45, 2.75) is 20.3 Å². The number of rotatable bonds is 3. The predicted octanol–water partition coefficient (Wildman–Crippen LogP) is 1.81. The molecule has 3 rings (SSSR count). The van der Waals surface area contributed by atoms with E-state index in [9.17, 15) is 9.59 Å². The van der Waals surface area contributed by atoms with Gasteiger partial charge in [0.25, 0.3) is 11.7 Å². The summed E-state index contributed by atoms with van der Waals surface area (Å²) in [6, 6.07) is 5.72. The molecule has 0 fully saturated rings. The summed E-state index contributed by atoms with van der Waals surface area (Å²) in [5, 5.41) is 4.12. The number of aryl methyl sites for hydroxylation is 3. The second kappa shape index (κ2) is 4.84. The smallest absolute Gasteiger partial charge is 0.299 e. The summed E-state index contributed by atoms with van der Waals surface area (Å²) < 4.78 is 1.78. The fourth-order valence-corrected chi connectivity index (χ4v) is 2.92. The van der Waals surface area contributed by atoms with Crippen molar-refractivity contribution in [2.24, 2.45) is 7.05 Å². The highest BCUT2D eigenvalue weighted by Gasteiger charge is 2.36. The number of anilines is 1. The van der Waals surface area contributed by atoms with Crippen molar-refractivity contribution < 1.29 is 9.59 Å². The van der Waals surface area contributed by atoms with Gasteiger partial charge in [0.05, 0.1) is 11.3 Å². The van der Waals surface area contributed by atoms with Gasteiger partial charge in [-0.1, -0.05) is 6.07 Å². The molecule has 0 spiro atoms. The number of fused-ring (bicyclic) bond motifs is 1. The van der Waals surface area contributed by atoms with Crippen molar-refractivity contribution in [1.82, 2.24) is 9.78 Å². The van der Waals surface area contributed by atoms with Crippen molar-refractivity contribution in [3.05, 3.63) is 46.8 Å². The van der Waals surface area contributed by atoms with Gasteiger partial charge in [-0.05, 0) is 37.1 Å². The average Bonchev–Trinajstić information content (AvgIpc) is 2.93. The van der Waals surface area contributed by atoms with Crippen LogP contribution < -0.4 is 4.90 Å². The van der Waals surface area contributed by atoms with Crippen LogP contribution in [-0.4, -0.2) is 28.0 Å². The van der Waals surface area contributed by atoms with Crippen molar-refractivity contribution in [2.75, 3.05) is 11.4 Å². The zero-order valence-corrected chi connectivity index (χ0v) is 12.4. The van der Waals surface area contributed by atoms with E-state index in [0.717, 1.165) is 22.5 Å². The lowest BCUT2D eigenvalue weighted by Gasteiger charge is -2.18. The summed E-state index contributed by atoms with van der Waals surface area (Å²) in [6.07, 6.45) is 2.40. The van der Waals surface area contributed by atoms with E-state index in [1.165, 1.54) is 0 Å². The molecule has 1 aliphatic rings. The molecule has 5 heteroatoms. The van der Waals surface area contributed by atoms with Crippen LogP contribution in [0.1, 0.15) is 27.2 Å². The molecule has 0 N–H and O–H groups in total. The molecule has 108 valence electrons. The molecule has 1 aromatic heterocycles. The van der Waals surface area contributed by atoms with Crippen molar-refractivity contribution in [1.29, 1.82) is 0 Å². The highest BCUT2D eigenvalue weighted by atomic mass is 16.2. The van der Waals surface area contributed by atoms with Crippen molar-refractivity contribution >= 4 is 17.4 Å². The SMILES string of the molecule is Cc1cc(C)c2c(c1)C(=O)C(=O)N2CCc1ccnn1C. The number of carbonyl (C=O) groups excluding carboxylic acids is 2. The van der Waals surface area contributed by atoms with Crippen LogP contribution in [0, 0.1) is 13.8 Å². The van der Waals surface area contributed by atoms with Gasteiger partial charge in [0.1, 0.15) is 0 Å². The number of hydrogen-bond acceptors (Lipinski definition) is 3. The average molecular weight is 283 g/mol. The Morgan fingerprint density at radius 3 is 2.62 bits per heavy atom. The maximum atomic E-state index is 12.2. The number of hydrogen-bond donors (Lipinski definition) is 0. The topological polar surface area (TPSA) is 55.2 Å². The van der Waals surface area contributed by atoms with Crippen molar-refractivity contribution in [3.63, 3.8) is 0 Å². The molecular weight excluding hydrogens is 266 g/mol. The van der Waals surface area contributed by atoms with E-state index in [1.54, 1.807) is 21.8 Å². The summed E-state index contributed by atoms with van der Waals surface area (Å²) in [5.41, 5.74) is 4.30. The third kappa shape index (κ3) is 2.14. The Bertz CT molecular complexity index is 746. The fraction of sp³-hybridized carbons (Fsp3) is 0.312. The molecule has 1 aliphatic heterocycles. The zero-order valence-electron chi connectivity index (χ0n) is 12.4. The first kappa shape index (κ1) is 13.5. The fourth-order valence-electron chi connectivity index (χ4n) is 2.92. The molecule has 0 radical (unpaired) electrons.